The number of amides is 1. The molecule has 0 radical (unpaired) electrons. The monoisotopic (exact) mass is 306 g/mol. The summed E-state index contributed by atoms with van der Waals surface area (Å²) in [7, 11) is 0. The van der Waals surface area contributed by atoms with E-state index in [1.54, 1.807) is 11.3 Å². The molecule has 21 heavy (non-hydrogen) atoms. The standard InChI is InChI=1S/C17H26N2OS/c20-17(19-10-8-13-7-9-18-12-13)16-11-14-5-3-1-2-4-6-15(14)21-16/h11,13,18H,1-10,12H2,(H,19,20). The summed E-state index contributed by atoms with van der Waals surface area (Å²) >= 11 is 1.72. The predicted octanol–water partition coefficient (Wildman–Crippen LogP) is 3.14. The van der Waals surface area contributed by atoms with E-state index in [2.05, 4.69) is 16.7 Å². The third kappa shape index (κ3) is 4.07. The van der Waals surface area contributed by atoms with Gasteiger partial charge in [-0.2, -0.15) is 0 Å². The number of hydrogen-bond donors (Lipinski definition) is 2. The van der Waals surface area contributed by atoms with Crippen molar-refractivity contribution in [3.63, 3.8) is 0 Å². The van der Waals surface area contributed by atoms with Crippen molar-refractivity contribution in [1.82, 2.24) is 10.6 Å². The Kier molecular flexibility index (Phi) is 5.31. The maximum absolute atomic E-state index is 12.3. The van der Waals surface area contributed by atoms with Crippen molar-refractivity contribution in [3.8, 4) is 0 Å². The Morgan fingerprint density at radius 3 is 2.95 bits per heavy atom. The summed E-state index contributed by atoms with van der Waals surface area (Å²) in [5, 5.41) is 6.49. The Bertz CT molecular complexity index is 452. The van der Waals surface area contributed by atoms with Gasteiger partial charge in [-0.1, -0.05) is 12.8 Å². The van der Waals surface area contributed by atoms with Crippen molar-refractivity contribution in [1.29, 1.82) is 0 Å². The molecule has 3 rings (SSSR count). The van der Waals surface area contributed by atoms with Crippen molar-refractivity contribution in [2.24, 2.45) is 5.92 Å². The first-order valence-corrected chi connectivity index (χ1v) is 9.25. The van der Waals surface area contributed by atoms with Gasteiger partial charge < -0.3 is 10.6 Å². The minimum absolute atomic E-state index is 0.137. The lowest BCUT2D eigenvalue weighted by Gasteiger charge is -2.08. The van der Waals surface area contributed by atoms with E-state index in [4.69, 9.17) is 0 Å². The Labute approximate surface area is 131 Å². The van der Waals surface area contributed by atoms with Crippen LogP contribution in [0.1, 0.15) is 58.6 Å². The van der Waals surface area contributed by atoms with Crippen LogP contribution in [0.3, 0.4) is 0 Å². The zero-order chi connectivity index (χ0) is 14.5. The van der Waals surface area contributed by atoms with Crippen LogP contribution in [0, 0.1) is 5.92 Å². The molecule has 1 aromatic heterocycles. The van der Waals surface area contributed by atoms with E-state index < -0.39 is 0 Å². The fraction of sp³-hybridized carbons (Fsp3) is 0.706. The van der Waals surface area contributed by atoms with E-state index >= 15 is 0 Å². The first-order chi connectivity index (χ1) is 10.3. The lowest BCUT2D eigenvalue weighted by atomic mass is 10.00. The minimum Gasteiger partial charge on any atom is -0.351 e. The molecule has 4 heteroatoms. The highest BCUT2D eigenvalue weighted by Crippen LogP contribution is 2.28. The van der Waals surface area contributed by atoms with Crippen molar-refractivity contribution in [3.05, 3.63) is 21.4 Å². The highest BCUT2D eigenvalue weighted by atomic mass is 32.1. The summed E-state index contributed by atoms with van der Waals surface area (Å²) in [5.41, 5.74) is 1.44. The van der Waals surface area contributed by atoms with Crippen molar-refractivity contribution in [2.45, 2.75) is 51.4 Å². The van der Waals surface area contributed by atoms with Crippen LogP contribution in [-0.2, 0) is 12.8 Å². The number of nitrogens with one attached hydrogen (secondary N) is 2. The molecule has 0 aromatic carbocycles. The van der Waals surface area contributed by atoms with Gasteiger partial charge in [0, 0.05) is 11.4 Å². The van der Waals surface area contributed by atoms with Crippen molar-refractivity contribution < 1.29 is 4.79 Å². The second-order valence-electron chi connectivity index (χ2n) is 6.38. The van der Waals surface area contributed by atoms with E-state index in [0.29, 0.717) is 0 Å². The van der Waals surface area contributed by atoms with Gasteiger partial charge in [-0.15, -0.1) is 11.3 Å². The summed E-state index contributed by atoms with van der Waals surface area (Å²) in [6.45, 7) is 3.06. The third-order valence-corrected chi connectivity index (χ3v) is 5.96. The molecule has 3 nitrogen and oxygen atoms in total. The maximum Gasteiger partial charge on any atom is 0.261 e. The molecule has 0 bridgehead atoms. The van der Waals surface area contributed by atoms with E-state index in [1.165, 1.54) is 49.0 Å². The second kappa shape index (κ2) is 7.41. The number of carbonyl (C=O) groups excluding carboxylic acids is 1. The predicted molar refractivity (Wildman–Crippen MR) is 88.1 cm³/mol. The quantitative estimate of drug-likeness (QED) is 0.897. The SMILES string of the molecule is O=C(NCCC1CCNC1)c1cc2c(s1)CCCCCC2. The molecular weight excluding hydrogens is 280 g/mol. The van der Waals surface area contributed by atoms with Crippen LogP contribution in [0.2, 0.25) is 0 Å². The smallest absolute Gasteiger partial charge is 0.261 e. The van der Waals surface area contributed by atoms with Gasteiger partial charge in [-0.05, 0) is 69.2 Å². The summed E-state index contributed by atoms with van der Waals surface area (Å²) < 4.78 is 0. The number of hydrogen-bond acceptors (Lipinski definition) is 3. The molecule has 1 aliphatic carbocycles. The second-order valence-corrected chi connectivity index (χ2v) is 7.51. The van der Waals surface area contributed by atoms with E-state index in [0.717, 1.165) is 43.3 Å². The van der Waals surface area contributed by atoms with E-state index in [1.807, 2.05) is 0 Å². The number of aryl methyl sites for hydroxylation is 2. The van der Waals surface area contributed by atoms with Crippen LogP contribution in [-0.4, -0.2) is 25.5 Å². The Balaban J connectivity index is 1.53. The van der Waals surface area contributed by atoms with Gasteiger partial charge in [0.25, 0.3) is 5.91 Å². The van der Waals surface area contributed by atoms with Crippen LogP contribution in [0.25, 0.3) is 0 Å². The first kappa shape index (κ1) is 15.0. The van der Waals surface area contributed by atoms with E-state index in [9.17, 15) is 4.79 Å². The highest BCUT2D eigenvalue weighted by molar-refractivity contribution is 7.14. The molecule has 1 fully saturated rings. The van der Waals surface area contributed by atoms with E-state index in [-0.39, 0.29) is 5.91 Å². The fourth-order valence-corrected chi connectivity index (χ4v) is 4.56. The molecule has 0 spiro atoms. The molecule has 116 valence electrons. The summed E-state index contributed by atoms with van der Waals surface area (Å²) in [5.74, 6) is 0.881. The molecule has 2 aliphatic rings. The van der Waals surface area contributed by atoms with Crippen LogP contribution < -0.4 is 10.6 Å². The van der Waals surface area contributed by atoms with Gasteiger partial charge in [0.2, 0.25) is 0 Å². The minimum atomic E-state index is 0.137. The molecule has 1 saturated heterocycles. The molecule has 1 aliphatic heterocycles. The first-order valence-electron chi connectivity index (χ1n) is 8.43. The Morgan fingerprint density at radius 1 is 1.29 bits per heavy atom. The molecule has 1 amide bonds. The normalized spacial score (nSPS) is 22.4. The van der Waals surface area contributed by atoms with Gasteiger partial charge in [-0.25, -0.2) is 0 Å². The zero-order valence-electron chi connectivity index (χ0n) is 12.7. The zero-order valence-corrected chi connectivity index (χ0v) is 13.6. The van der Waals surface area contributed by atoms with Crippen LogP contribution in [0.4, 0.5) is 0 Å². The van der Waals surface area contributed by atoms with Gasteiger partial charge in [0.1, 0.15) is 0 Å². The number of fused-ring (bicyclic) bond motifs is 1. The van der Waals surface area contributed by atoms with Gasteiger partial charge >= 0.3 is 0 Å². The van der Waals surface area contributed by atoms with Gasteiger partial charge in [-0.3, -0.25) is 4.79 Å². The molecule has 2 N–H and O–H groups in total. The molecule has 1 atom stereocenters. The summed E-state index contributed by atoms with van der Waals surface area (Å²) in [4.78, 5) is 14.7. The third-order valence-electron chi connectivity index (χ3n) is 4.72. The Hall–Kier alpha value is -0.870. The van der Waals surface area contributed by atoms with Crippen LogP contribution in [0.5, 0.6) is 0 Å². The van der Waals surface area contributed by atoms with Crippen LogP contribution in [0.15, 0.2) is 6.07 Å². The van der Waals surface area contributed by atoms with Crippen molar-refractivity contribution in [2.75, 3.05) is 19.6 Å². The number of thiophene rings is 1. The average Bonchev–Trinajstić information content (AvgIpc) is 3.09. The lowest BCUT2D eigenvalue weighted by molar-refractivity contribution is 0.0955. The molecule has 1 unspecified atom stereocenters. The average molecular weight is 306 g/mol. The summed E-state index contributed by atoms with van der Waals surface area (Å²) in [6.07, 6.45) is 9.92. The molecule has 1 aromatic rings. The molecular formula is C17H26N2OS. The lowest BCUT2D eigenvalue weighted by Crippen LogP contribution is -2.25. The highest BCUT2D eigenvalue weighted by Gasteiger charge is 2.17. The largest absolute Gasteiger partial charge is 0.351 e. The van der Waals surface area contributed by atoms with Gasteiger partial charge in [0.05, 0.1) is 4.88 Å². The number of rotatable bonds is 4. The van der Waals surface area contributed by atoms with Gasteiger partial charge in [0.15, 0.2) is 0 Å². The summed E-state index contributed by atoms with van der Waals surface area (Å²) in [6, 6.07) is 2.15. The van der Waals surface area contributed by atoms with Crippen molar-refractivity contribution >= 4 is 17.2 Å². The topological polar surface area (TPSA) is 41.1 Å². The molecule has 0 saturated carbocycles. The number of carbonyl (C=O) groups is 1. The fourth-order valence-electron chi connectivity index (χ4n) is 3.39. The Morgan fingerprint density at radius 2 is 2.14 bits per heavy atom. The maximum atomic E-state index is 12.3. The van der Waals surface area contributed by atoms with Crippen LogP contribution >= 0.6 is 11.3 Å². The molecule has 2 heterocycles.